The molecule has 0 N–H and O–H groups in total. The molecule has 1 aliphatic rings. The molecule has 0 saturated carbocycles. The Morgan fingerprint density at radius 3 is 2.31 bits per heavy atom. The molecule has 1 amide bonds. The van der Waals surface area contributed by atoms with Gasteiger partial charge in [-0.3, -0.25) is 9.69 Å². The molecule has 0 spiro atoms. The minimum absolute atomic E-state index is 0.0608. The standard InChI is InChI=1S/C27H26N4O/c1-16-8-6-7-9-22(16)21-10-11-25(28-14-21)30-15-23-20(5)29-31(26(23)27(30)32)24-13-18(3)17(2)12-19(24)4/h6-14H,15H2,1-5H3. The first-order chi connectivity index (χ1) is 15.3. The van der Waals surface area contributed by atoms with E-state index in [-0.39, 0.29) is 5.91 Å². The maximum atomic E-state index is 13.5. The summed E-state index contributed by atoms with van der Waals surface area (Å²) in [5.74, 6) is 0.598. The summed E-state index contributed by atoms with van der Waals surface area (Å²) in [5, 5.41) is 4.72. The maximum Gasteiger partial charge on any atom is 0.278 e. The highest BCUT2D eigenvalue weighted by atomic mass is 16.2. The number of nitrogens with zero attached hydrogens (tertiary/aromatic N) is 4. The topological polar surface area (TPSA) is 51.0 Å². The molecule has 3 heterocycles. The quantitative estimate of drug-likeness (QED) is 0.429. The van der Waals surface area contributed by atoms with Crippen molar-refractivity contribution in [3.05, 3.63) is 93.9 Å². The summed E-state index contributed by atoms with van der Waals surface area (Å²) in [7, 11) is 0. The highest BCUT2D eigenvalue weighted by molar-refractivity contribution is 6.09. The predicted molar refractivity (Wildman–Crippen MR) is 127 cm³/mol. The number of fused-ring (bicyclic) bond motifs is 1. The van der Waals surface area contributed by atoms with E-state index in [1.54, 1.807) is 4.90 Å². The summed E-state index contributed by atoms with van der Waals surface area (Å²) in [6.07, 6.45) is 1.85. The van der Waals surface area contributed by atoms with Crippen LogP contribution < -0.4 is 4.90 Å². The molecular weight excluding hydrogens is 396 g/mol. The van der Waals surface area contributed by atoms with Gasteiger partial charge in [-0.05, 0) is 80.6 Å². The van der Waals surface area contributed by atoms with E-state index in [0.717, 1.165) is 33.6 Å². The van der Waals surface area contributed by atoms with Gasteiger partial charge in [-0.2, -0.15) is 5.10 Å². The van der Waals surface area contributed by atoms with Gasteiger partial charge in [0.05, 0.1) is 17.9 Å². The first-order valence-electron chi connectivity index (χ1n) is 10.9. The van der Waals surface area contributed by atoms with Crippen LogP contribution in [0.15, 0.2) is 54.7 Å². The van der Waals surface area contributed by atoms with Gasteiger partial charge in [-0.15, -0.1) is 0 Å². The number of hydrogen-bond donors (Lipinski definition) is 0. The molecule has 5 nitrogen and oxygen atoms in total. The normalized spacial score (nSPS) is 13.0. The summed E-state index contributed by atoms with van der Waals surface area (Å²) < 4.78 is 1.82. The third-order valence-electron chi connectivity index (χ3n) is 6.47. The van der Waals surface area contributed by atoms with Crippen LogP contribution in [-0.4, -0.2) is 20.7 Å². The molecule has 0 unspecified atom stereocenters. The van der Waals surface area contributed by atoms with Gasteiger partial charge in [0.2, 0.25) is 0 Å². The molecule has 4 aromatic rings. The lowest BCUT2D eigenvalue weighted by molar-refractivity contribution is 0.0988. The number of anilines is 1. The smallest absolute Gasteiger partial charge is 0.278 e. The number of amides is 1. The number of rotatable bonds is 3. The lowest BCUT2D eigenvalue weighted by atomic mass is 10.0. The second-order valence-electron chi connectivity index (χ2n) is 8.66. The Hall–Kier alpha value is -3.73. The van der Waals surface area contributed by atoms with E-state index in [2.05, 4.69) is 56.9 Å². The van der Waals surface area contributed by atoms with Gasteiger partial charge in [0.25, 0.3) is 5.91 Å². The van der Waals surface area contributed by atoms with Crippen molar-refractivity contribution in [2.45, 2.75) is 41.2 Å². The van der Waals surface area contributed by atoms with E-state index >= 15 is 0 Å². The van der Waals surface area contributed by atoms with Crippen molar-refractivity contribution in [2.75, 3.05) is 4.90 Å². The molecule has 0 fully saturated rings. The van der Waals surface area contributed by atoms with E-state index in [4.69, 9.17) is 5.10 Å². The largest absolute Gasteiger partial charge is 0.287 e. The van der Waals surface area contributed by atoms with Crippen molar-refractivity contribution < 1.29 is 4.79 Å². The Balaban J connectivity index is 1.51. The summed E-state index contributed by atoms with van der Waals surface area (Å²) in [6.45, 7) is 10.8. The minimum atomic E-state index is -0.0608. The van der Waals surface area contributed by atoms with Crippen LogP contribution in [0, 0.1) is 34.6 Å². The van der Waals surface area contributed by atoms with Crippen LogP contribution in [0.25, 0.3) is 16.8 Å². The number of benzene rings is 2. The fourth-order valence-electron chi connectivity index (χ4n) is 4.46. The molecule has 0 radical (unpaired) electrons. The molecule has 1 aliphatic heterocycles. The molecule has 2 aromatic carbocycles. The first kappa shape index (κ1) is 20.2. The number of aryl methyl sites for hydroxylation is 5. The number of aromatic nitrogens is 3. The molecule has 5 heteroatoms. The summed E-state index contributed by atoms with van der Waals surface area (Å²) in [6, 6.07) is 16.5. The van der Waals surface area contributed by atoms with Crippen molar-refractivity contribution in [1.29, 1.82) is 0 Å². The monoisotopic (exact) mass is 422 g/mol. The van der Waals surface area contributed by atoms with Crippen LogP contribution in [0.5, 0.6) is 0 Å². The number of carbonyl (C=O) groups is 1. The van der Waals surface area contributed by atoms with Crippen LogP contribution in [-0.2, 0) is 6.54 Å². The number of carbonyl (C=O) groups excluding carboxylic acids is 1. The zero-order valence-electron chi connectivity index (χ0n) is 19.1. The fourth-order valence-corrected chi connectivity index (χ4v) is 4.46. The van der Waals surface area contributed by atoms with Crippen LogP contribution in [0.1, 0.15) is 44.0 Å². The van der Waals surface area contributed by atoms with Crippen LogP contribution >= 0.6 is 0 Å². The van der Waals surface area contributed by atoms with Gasteiger partial charge in [0.15, 0.2) is 0 Å². The first-order valence-corrected chi connectivity index (χ1v) is 10.9. The zero-order chi connectivity index (χ0) is 22.6. The number of hydrogen-bond acceptors (Lipinski definition) is 3. The van der Waals surface area contributed by atoms with E-state index < -0.39 is 0 Å². The van der Waals surface area contributed by atoms with E-state index in [9.17, 15) is 4.79 Å². The van der Waals surface area contributed by atoms with Gasteiger partial charge in [-0.25, -0.2) is 9.67 Å². The Bertz CT molecular complexity index is 1370. The lowest BCUT2D eigenvalue weighted by Gasteiger charge is -2.17. The summed E-state index contributed by atoms with van der Waals surface area (Å²) in [4.78, 5) is 19.9. The van der Waals surface area contributed by atoms with Crippen LogP contribution in [0.3, 0.4) is 0 Å². The molecule has 5 rings (SSSR count). The average Bonchev–Trinajstić information content (AvgIpc) is 3.29. The molecule has 0 saturated heterocycles. The average molecular weight is 423 g/mol. The molecule has 0 bridgehead atoms. The molecule has 32 heavy (non-hydrogen) atoms. The SMILES string of the molecule is Cc1cc(C)c(-n2nc(C)c3c2C(=O)N(c2ccc(-c4ccccc4C)cn2)C3)cc1C. The van der Waals surface area contributed by atoms with Crippen molar-refractivity contribution in [2.24, 2.45) is 0 Å². The highest BCUT2D eigenvalue weighted by Gasteiger charge is 2.36. The Morgan fingerprint density at radius 1 is 0.844 bits per heavy atom. The van der Waals surface area contributed by atoms with Crippen molar-refractivity contribution >= 4 is 11.7 Å². The van der Waals surface area contributed by atoms with E-state index in [0.29, 0.717) is 18.1 Å². The third-order valence-corrected chi connectivity index (χ3v) is 6.47. The van der Waals surface area contributed by atoms with Crippen LogP contribution in [0.2, 0.25) is 0 Å². The third kappa shape index (κ3) is 3.12. The van der Waals surface area contributed by atoms with Gasteiger partial charge < -0.3 is 0 Å². The molecular formula is C27H26N4O. The predicted octanol–water partition coefficient (Wildman–Crippen LogP) is 5.64. The van der Waals surface area contributed by atoms with Gasteiger partial charge >= 0.3 is 0 Å². The van der Waals surface area contributed by atoms with Gasteiger partial charge in [-0.1, -0.05) is 30.3 Å². The summed E-state index contributed by atoms with van der Waals surface area (Å²) in [5.41, 5.74) is 10.4. The fraction of sp³-hybridized carbons (Fsp3) is 0.222. The Labute approximate surface area is 188 Å². The zero-order valence-corrected chi connectivity index (χ0v) is 19.1. The highest BCUT2D eigenvalue weighted by Crippen LogP contribution is 2.33. The molecule has 160 valence electrons. The second-order valence-corrected chi connectivity index (χ2v) is 8.66. The van der Waals surface area contributed by atoms with Crippen molar-refractivity contribution in [1.82, 2.24) is 14.8 Å². The van der Waals surface area contributed by atoms with Gasteiger partial charge in [0, 0.05) is 17.3 Å². The van der Waals surface area contributed by atoms with Crippen molar-refractivity contribution in [3.63, 3.8) is 0 Å². The van der Waals surface area contributed by atoms with Crippen LogP contribution in [0.4, 0.5) is 5.82 Å². The Kier molecular flexibility index (Phi) is 4.70. The molecule has 0 atom stereocenters. The van der Waals surface area contributed by atoms with E-state index in [1.165, 1.54) is 16.7 Å². The van der Waals surface area contributed by atoms with Gasteiger partial charge in [0.1, 0.15) is 11.5 Å². The minimum Gasteiger partial charge on any atom is -0.287 e. The van der Waals surface area contributed by atoms with Crippen molar-refractivity contribution in [3.8, 4) is 16.8 Å². The van der Waals surface area contributed by atoms with E-state index in [1.807, 2.05) is 42.1 Å². The molecule has 0 aliphatic carbocycles. The number of pyridine rings is 1. The Morgan fingerprint density at radius 2 is 1.59 bits per heavy atom. The maximum absolute atomic E-state index is 13.5. The lowest BCUT2D eigenvalue weighted by Crippen LogP contribution is -2.26. The molecule has 2 aromatic heterocycles. The second kappa shape index (κ2) is 7.45. The summed E-state index contributed by atoms with van der Waals surface area (Å²) >= 11 is 0.